The lowest BCUT2D eigenvalue weighted by Crippen LogP contribution is -1.55. The number of allylic oxidation sites excluding steroid dienone is 24. The second kappa shape index (κ2) is 16.3. The summed E-state index contributed by atoms with van der Waals surface area (Å²) in [6, 6.07) is 0. The Morgan fingerprint density at radius 2 is 0.500 bits per heavy atom. The van der Waals surface area contributed by atoms with E-state index in [1.807, 2.05) is 140 Å². The number of rotatable bonds is 0. The summed E-state index contributed by atoms with van der Waals surface area (Å²) in [5, 5.41) is 0. The molecule has 0 aromatic heterocycles. The molecule has 0 bridgehead atoms. The quantitative estimate of drug-likeness (QED) is 0.480. The van der Waals surface area contributed by atoms with Gasteiger partial charge in [0, 0.05) is 0 Å². The van der Waals surface area contributed by atoms with E-state index in [2.05, 4.69) is 6.08 Å². The van der Waals surface area contributed by atoms with Gasteiger partial charge in [0.2, 0.25) is 0 Å². The van der Waals surface area contributed by atoms with Crippen molar-refractivity contribution in [3.05, 3.63) is 146 Å². The third kappa shape index (κ3) is 13.8. The van der Waals surface area contributed by atoms with Crippen LogP contribution in [0.4, 0.5) is 0 Å². The molecule has 0 atom stereocenters. The van der Waals surface area contributed by atoms with Crippen LogP contribution in [0.15, 0.2) is 140 Å². The first-order valence-corrected chi connectivity index (χ1v) is 7.91. The molecule has 119 valence electrons. The van der Waals surface area contributed by atoms with Crippen LogP contribution in [0.5, 0.6) is 0 Å². The van der Waals surface area contributed by atoms with E-state index in [-0.39, 0.29) is 0 Å². The van der Waals surface area contributed by atoms with Gasteiger partial charge in [0.25, 0.3) is 0 Å². The Morgan fingerprint density at radius 1 is 0.250 bits per heavy atom. The Kier molecular flexibility index (Phi) is 12.8. The first-order chi connectivity index (χ1) is 12.0. The molecule has 0 heteroatoms. The predicted molar refractivity (Wildman–Crippen MR) is 108 cm³/mol. The van der Waals surface area contributed by atoms with Crippen LogP contribution >= 0.6 is 0 Å². The average Bonchev–Trinajstić information content (AvgIpc) is 2.59. The molecule has 0 unspecified atom stereocenters. The van der Waals surface area contributed by atoms with Gasteiger partial charge >= 0.3 is 0 Å². The Labute approximate surface area is 146 Å². The van der Waals surface area contributed by atoms with E-state index in [0.717, 1.165) is 0 Å². The van der Waals surface area contributed by atoms with Crippen molar-refractivity contribution in [3.8, 4) is 0 Å². The molecular weight excluding hydrogens is 288 g/mol. The zero-order valence-corrected chi connectivity index (χ0v) is 13.8. The van der Waals surface area contributed by atoms with Gasteiger partial charge in [-0.15, -0.1) is 0 Å². The second-order valence-electron chi connectivity index (χ2n) is 4.54. The fourth-order valence-corrected chi connectivity index (χ4v) is 1.50. The Bertz CT molecular complexity index is 398. The summed E-state index contributed by atoms with van der Waals surface area (Å²) < 4.78 is 0. The van der Waals surface area contributed by atoms with Crippen molar-refractivity contribution in [2.75, 3.05) is 0 Å². The molecule has 0 fully saturated rings. The Balaban J connectivity index is 2.67. The van der Waals surface area contributed by atoms with Crippen LogP contribution in [0.2, 0.25) is 0 Å². The van der Waals surface area contributed by atoms with E-state index in [9.17, 15) is 0 Å². The van der Waals surface area contributed by atoms with E-state index in [1.165, 1.54) is 0 Å². The van der Waals surface area contributed by atoms with E-state index < -0.39 is 0 Å². The van der Waals surface area contributed by atoms with Crippen molar-refractivity contribution >= 4 is 0 Å². The highest BCUT2D eigenvalue weighted by atomic mass is 13.7. The predicted octanol–water partition coefficient (Wildman–Crippen LogP) is 6.48. The van der Waals surface area contributed by atoms with Crippen LogP contribution in [-0.2, 0) is 0 Å². The minimum atomic E-state index is 1.88. The Morgan fingerprint density at radius 3 is 0.833 bits per heavy atom. The minimum Gasteiger partial charge on any atom is -0.0623 e. The topological polar surface area (TPSA) is 0 Å². The molecule has 1 rings (SSSR count). The summed E-state index contributed by atoms with van der Waals surface area (Å²) in [6.45, 7) is 0. The van der Waals surface area contributed by atoms with Gasteiger partial charge in [0.05, 0.1) is 0 Å². The molecular formula is C24H23. The highest BCUT2D eigenvalue weighted by Gasteiger charge is 1.67. The van der Waals surface area contributed by atoms with Crippen molar-refractivity contribution in [3.63, 3.8) is 0 Å². The average molecular weight is 311 g/mol. The van der Waals surface area contributed by atoms with Gasteiger partial charge in [-0.05, 0) is 6.08 Å². The Hall–Kier alpha value is -3.12. The minimum absolute atomic E-state index is 1.88. The molecule has 0 saturated carbocycles. The van der Waals surface area contributed by atoms with Gasteiger partial charge in [-0.3, -0.25) is 0 Å². The first-order valence-electron chi connectivity index (χ1n) is 7.91. The maximum Gasteiger partial charge on any atom is -0.0184 e. The molecule has 0 heterocycles. The highest BCUT2D eigenvalue weighted by molar-refractivity contribution is 5.23. The molecule has 0 aromatic carbocycles. The molecule has 1 aliphatic rings. The smallest absolute Gasteiger partial charge is 0.0184 e. The molecule has 0 aliphatic heterocycles. The molecule has 0 nitrogen and oxygen atoms in total. The monoisotopic (exact) mass is 311 g/mol. The summed E-state index contributed by atoms with van der Waals surface area (Å²) in [7, 11) is 0. The van der Waals surface area contributed by atoms with Crippen LogP contribution in [-0.4, -0.2) is 0 Å². The molecule has 24 heavy (non-hydrogen) atoms. The van der Waals surface area contributed by atoms with Crippen LogP contribution in [0.25, 0.3) is 0 Å². The number of hydrogen-bond donors (Lipinski definition) is 0. The van der Waals surface area contributed by atoms with E-state index in [1.54, 1.807) is 0 Å². The third-order valence-corrected chi connectivity index (χ3v) is 2.61. The van der Waals surface area contributed by atoms with E-state index in [0.29, 0.717) is 0 Å². The zero-order chi connectivity index (χ0) is 17.0. The molecule has 0 amide bonds. The van der Waals surface area contributed by atoms with Gasteiger partial charge in [0.1, 0.15) is 0 Å². The van der Waals surface area contributed by atoms with Gasteiger partial charge in [-0.1, -0.05) is 140 Å². The van der Waals surface area contributed by atoms with Crippen molar-refractivity contribution in [1.82, 2.24) is 0 Å². The van der Waals surface area contributed by atoms with Gasteiger partial charge in [-0.2, -0.15) is 0 Å². The second-order valence-corrected chi connectivity index (χ2v) is 4.54. The maximum absolute atomic E-state index is 3.07. The number of hydrogen-bond acceptors (Lipinski definition) is 0. The summed E-state index contributed by atoms with van der Waals surface area (Å²) in [5.41, 5.74) is 0. The van der Waals surface area contributed by atoms with Crippen molar-refractivity contribution < 1.29 is 0 Å². The maximum atomic E-state index is 3.07. The van der Waals surface area contributed by atoms with Gasteiger partial charge in [0.15, 0.2) is 0 Å². The van der Waals surface area contributed by atoms with Crippen molar-refractivity contribution in [2.45, 2.75) is 0 Å². The molecule has 0 N–H and O–H groups in total. The van der Waals surface area contributed by atoms with Crippen LogP contribution in [0, 0.1) is 6.08 Å². The molecule has 0 aromatic rings. The lowest BCUT2D eigenvalue weighted by atomic mass is 10.3. The fourth-order valence-electron chi connectivity index (χ4n) is 1.50. The lowest BCUT2D eigenvalue weighted by molar-refractivity contribution is 1.78. The normalized spacial score (nSPS) is 32.0. The highest BCUT2D eigenvalue weighted by Crippen LogP contribution is 1.88. The largest absolute Gasteiger partial charge is 0.0623 e. The van der Waals surface area contributed by atoms with Gasteiger partial charge < -0.3 is 0 Å². The van der Waals surface area contributed by atoms with Crippen LogP contribution in [0.3, 0.4) is 0 Å². The lowest BCUT2D eigenvalue weighted by Gasteiger charge is -1.77. The van der Waals surface area contributed by atoms with E-state index in [4.69, 9.17) is 0 Å². The van der Waals surface area contributed by atoms with Crippen molar-refractivity contribution in [1.29, 1.82) is 0 Å². The standard InChI is InChI=1S/C24H23/c1-2-4-6-8-10-12-14-16-18-20-22-24-23-21-19-17-15-13-11-9-7-5-3-1/h1-23H/b2-1-,3-1?,4-2?,5-3+,6-4+,7-5?,8-6?,9-7+,10-8+,11-9?,12-10?,13-11+,14-12+,15-13?,16-14?,17-15-,18-16-,19-17?,20-18?,21-19+,22-20-,23-21?,24-22?,24-23?. The first kappa shape index (κ1) is 18.9. The van der Waals surface area contributed by atoms with Crippen LogP contribution < -0.4 is 0 Å². The van der Waals surface area contributed by atoms with Crippen LogP contribution in [0.1, 0.15) is 0 Å². The summed E-state index contributed by atoms with van der Waals surface area (Å²) >= 11 is 0. The summed E-state index contributed by atoms with van der Waals surface area (Å²) in [4.78, 5) is 0. The molecule has 0 saturated heterocycles. The summed E-state index contributed by atoms with van der Waals surface area (Å²) in [6.07, 6.45) is 48.5. The third-order valence-electron chi connectivity index (χ3n) is 2.61. The van der Waals surface area contributed by atoms with Gasteiger partial charge in [-0.25, -0.2) is 0 Å². The zero-order valence-electron chi connectivity index (χ0n) is 13.8. The molecule has 1 aliphatic carbocycles. The molecule has 0 spiro atoms. The van der Waals surface area contributed by atoms with E-state index >= 15 is 0 Å². The van der Waals surface area contributed by atoms with Crippen molar-refractivity contribution in [2.24, 2.45) is 0 Å². The fraction of sp³-hybridized carbons (Fsp3) is 0. The summed E-state index contributed by atoms with van der Waals surface area (Å²) in [5.74, 6) is 0. The molecule has 1 radical (unpaired) electrons. The SMILES string of the molecule is [C]1=C/C=C/C=C\C=C\C=C\C=C\C=C/C=C/C=C/C=C/C=C\C=C/1.